The lowest BCUT2D eigenvalue weighted by molar-refractivity contribution is -0.150. The molecule has 0 spiro atoms. The summed E-state index contributed by atoms with van der Waals surface area (Å²) in [5, 5.41) is 8.59. The van der Waals surface area contributed by atoms with E-state index in [2.05, 4.69) is 58.6 Å². The van der Waals surface area contributed by atoms with Crippen LogP contribution in [-0.4, -0.2) is 75.1 Å². The zero-order valence-electron chi connectivity index (χ0n) is 46.0. The fraction of sp³-hybridized carbons (Fsp3) is 0.932. The van der Waals surface area contributed by atoms with Gasteiger partial charge in [-0.15, -0.1) is 0 Å². The van der Waals surface area contributed by atoms with E-state index in [1.165, 1.54) is 180 Å². The minimum Gasteiger partial charge on any atom is -0.465 e. The molecule has 0 aromatic heterocycles. The number of aliphatic hydroxyl groups is 1. The highest BCUT2D eigenvalue weighted by atomic mass is 16.6. The van der Waals surface area contributed by atoms with Crippen LogP contribution in [0.2, 0.25) is 0 Å². The molecule has 394 valence electrons. The number of nitrogens with zero attached hydrogens (tertiary/aromatic N) is 1. The van der Waals surface area contributed by atoms with E-state index in [4.69, 9.17) is 19.3 Å². The van der Waals surface area contributed by atoms with Gasteiger partial charge in [-0.3, -0.25) is 9.59 Å². The molecular weight excluding hydrogens is 819 g/mol. The lowest BCUT2D eigenvalue weighted by Gasteiger charge is -2.25. The Balaban J connectivity index is 0. The Hall–Kier alpha value is -1.44. The summed E-state index contributed by atoms with van der Waals surface area (Å²) >= 11 is 0. The molecule has 1 saturated carbocycles. The van der Waals surface area contributed by atoms with Crippen LogP contribution in [-0.2, 0) is 23.8 Å². The maximum atomic E-state index is 12.7. The standard InChI is InChI=1S/C40H75NO5.C13H28O.C6H14/c1-7-10-12-13-16-20-24-36-30-37(36)25-21-17-14-15-18-22-29-44-34(4)32-45-40(43)31-35(9-3)38(26-19-11-8-2)33-46-39(42)27-23-28-41(5)6;1-2-3-4-5-6-7-8-9-10-11-12-13-14;1-3-5-6-4-2/h11,19,34-38H,7-10,12-18,20-33H2,1-6H3;14H,2-13H2,1H3;3-6H2,1-2H3/b19-11-;;. The van der Waals surface area contributed by atoms with E-state index in [0.29, 0.717) is 26.1 Å². The zero-order chi connectivity index (χ0) is 49.1. The van der Waals surface area contributed by atoms with Gasteiger partial charge in [0.05, 0.1) is 12.7 Å². The van der Waals surface area contributed by atoms with Crippen molar-refractivity contribution >= 4 is 11.9 Å². The fourth-order valence-electron chi connectivity index (χ4n) is 8.80. The summed E-state index contributed by atoms with van der Waals surface area (Å²) in [4.78, 5) is 27.1. The van der Waals surface area contributed by atoms with Gasteiger partial charge in [0.25, 0.3) is 0 Å². The molecule has 0 aromatic rings. The maximum Gasteiger partial charge on any atom is 0.306 e. The van der Waals surface area contributed by atoms with Gasteiger partial charge in [-0.25, -0.2) is 0 Å². The summed E-state index contributed by atoms with van der Waals surface area (Å²) in [5.41, 5.74) is 0. The number of ether oxygens (including phenoxy) is 3. The van der Waals surface area contributed by atoms with Gasteiger partial charge in [-0.05, 0) is 89.8 Å². The van der Waals surface area contributed by atoms with Crippen molar-refractivity contribution in [1.82, 2.24) is 4.90 Å². The first-order valence-electron chi connectivity index (χ1n) is 29.0. The van der Waals surface area contributed by atoms with Crippen molar-refractivity contribution in [2.45, 2.75) is 286 Å². The Kier molecular flexibility index (Phi) is 53.4. The number of carbonyl (C=O) groups is 2. The van der Waals surface area contributed by atoms with Crippen molar-refractivity contribution in [3.05, 3.63) is 12.2 Å². The number of hydrogen-bond acceptors (Lipinski definition) is 7. The Morgan fingerprint density at radius 2 is 1.02 bits per heavy atom. The van der Waals surface area contributed by atoms with Crippen molar-refractivity contribution in [1.29, 1.82) is 0 Å². The minimum atomic E-state index is -0.191. The van der Waals surface area contributed by atoms with Crippen LogP contribution >= 0.6 is 0 Å². The summed E-state index contributed by atoms with van der Waals surface area (Å²) in [5.74, 6) is 1.97. The largest absolute Gasteiger partial charge is 0.465 e. The van der Waals surface area contributed by atoms with Crippen molar-refractivity contribution in [2.24, 2.45) is 23.7 Å². The number of aliphatic hydroxyl groups excluding tert-OH is 1. The van der Waals surface area contributed by atoms with Crippen LogP contribution in [0.5, 0.6) is 0 Å². The maximum absolute atomic E-state index is 12.7. The SMILES string of the molecule is CC/C=C\CC(COC(=O)CCCN(C)C)C(CC)CC(=O)OCC(C)OCCCCCCCCC1CC1CCCCCCCC.CCCCCC.CCCCCCCCCCCCCO. The van der Waals surface area contributed by atoms with Gasteiger partial charge in [0.1, 0.15) is 6.61 Å². The van der Waals surface area contributed by atoms with E-state index < -0.39 is 0 Å². The van der Waals surface area contributed by atoms with Crippen molar-refractivity contribution in [3.63, 3.8) is 0 Å². The molecule has 0 heterocycles. The Morgan fingerprint density at radius 1 is 0.561 bits per heavy atom. The van der Waals surface area contributed by atoms with Crippen LogP contribution in [0.25, 0.3) is 0 Å². The predicted molar refractivity (Wildman–Crippen MR) is 286 cm³/mol. The lowest BCUT2D eigenvalue weighted by Crippen LogP contribution is -2.26. The Labute approximate surface area is 412 Å². The lowest BCUT2D eigenvalue weighted by atomic mass is 9.85. The normalized spacial score (nSPS) is 15.7. The number of allylic oxidation sites excluding steroid dienone is 2. The van der Waals surface area contributed by atoms with Crippen molar-refractivity contribution < 1.29 is 28.9 Å². The van der Waals surface area contributed by atoms with E-state index in [-0.39, 0.29) is 36.5 Å². The van der Waals surface area contributed by atoms with E-state index >= 15 is 0 Å². The molecule has 1 aliphatic carbocycles. The van der Waals surface area contributed by atoms with E-state index in [1.54, 1.807) is 0 Å². The molecule has 1 aliphatic rings. The third kappa shape index (κ3) is 49.0. The van der Waals surface area contributed by atoms with Gasteiger partial charge < -0.3 is 24.2 Å². The van der Waals surface area contributed by atoms with Crippen LogP contribution in [0.15, 0.2) is 12.2 Å². The van der Waals surface area contributed by atoms with E-state index in [1.807, 2.05) is 21.0 Å². The molecule has 0 saturated heterocycles. The smallest absolute Gasteiger partial charge is 0.306 e. The Bertz CT molecular complexity index is 1000. The number of rotatable bonds is 46. The summed E-state index contributed by atoms with van der Waals surface area (Å²) in [6.07, 6.45) is 49.3. The third-order valence-corrected chi connectivity index (χ3v) is 13.5. The van der Waals surface area contributed by atoms with Gasteiger partial charge in [-0.1, -0.05) is 233 Å². The molecule has 7 nitrogen and oxygen atoms in total. The summed E-state index contributed by atoms with van der Waals surface area (Å²) < 4.78 is 17.2. The Morgan fingerprint density at radius 3 is 1.48 bits per heavy atom. The van der Waals surface area contributed by atoms with Crippen molar-refractivity contribution in [3.8, 4) is 0 Å². The summed E-state index contributed by atoms with van der Waals surface area (Å²) in [6, 6.07) is 0. The van der Waals surface area contributed by atoms with Crippen LogP contribution < -0.4 is 0 Å². The van der Waals surface area contributed by atoms with E-state index in [0.717, 1.165) is 63.5 Å². The quantitative estimate of drug-likeness (QED) is 0.0370. The second-order valence-electron chi connectivity index (χ2n) is 20.4. The first kappa shape index (κ1) is 66.6. The summed E-state index contributed by atoms with van der Waals surface area (Å²) in [7, 11) is 4.00. The van der Waals surface area contributed by atoms with Crippen molar-refractivity contribution in [2.75, 3.05) is 47.1 Å². The number of hydrogen-bond donors (Lipinski definition) is 1. The first-order chi connectivity index (χ1) is 32.1. The van der Waals surface area contributed by atoms with Gasteiger partial charge in [0.2, 0.25) is 0 Å². The van der Waals surface area contributed by atoms with Crippen LogP contribution in [0.4, 0.5) is 0 Å². The summed E-state index contributed by atoms with van der Waals surface area (Å²) in [6.45, 7) is 17.8. The number of esters is 2. The van der Waals surface area contributed by atoms with Crippen LogP contribution in [0.1, 0.15) is 280 Å². The third-order valence-electron chi connectivity index (χ3n) is 13.5. The highest BCUT2D eigenvalue weighted by molar-refractivity contribution is 5.70. The molecule has 0 radical (unpaired) electrons. The molecule has 5 atom stereocenters. The molecule has 7 heteroatoms. The highest BCUT2D eigenvalue weighted by Gasteiger charge is 2.35. The molecule has 0 aromatic carbocycles. The van der Waals surface area contributed by atoms with Crippen LogP contribution in [0, 0.1) is 23.7 Å². The van der Waals surface area contributed by atoms with E-state index in [9.17, 15) is 9.59 Å². The minimum absolute atomic E-state index is 0.0988. The second-order valence-corrected chi connectivity index (χ2v) is 20.4. The van der Waals surface area contributed by atoms with Gasteiger partial charge >= 0.3 is 11.9 Å². The van der Waals surface area contributed by atoms with Gasteiger partial charge in [-0.2, -0.15) is 0 Å². The van der Waals surface area contributed by atoms with Gasteiger partial charge in [0.15, 0.2) is 0 Å². The molecule has 66 heavy (non-hydrogen) atoms. The molecule has 0 aliphatic heterocycles. The number of unbranched alkanes of at least 4 members (excludes halogenated alkanes) is 23. The monoisotopic (exact) mass is 936 g/mol. The molecule has 5 unspecified atom stereocenters. The van der Waals surface area contributed by atoms with Gasteiger partial charge in [0, 0.05) is 26.1 Å². The molecule has 0 bridgehead atoms. The average Bonchev–Trinajstić information content (AvgIpc) is 4.07. The average molecular weight is 937 g/mol. The fourth-order valence-corrected chi connectivity index (χ4v) is 8.80. The van der Waals surface area contributed by atoms with Crippen LogP contribution in [0.3, 0.4) is 0 Å². The molecule has 1 rings (SSSR count). The second kappa shape index (κ2) is 52.9. The molecular formula is C59H117NO6. The molecule has 1 N–H and O–H groups in total. The topological polar surface area (TPSA) is 85.3 Å². The number of carbonyl (C=O) groups excluding carboxylic acids is 2. The highest BCUT2D eigenvalue weighted by Crippen LogP contribution is 2.45. The molecule has 0 amide bonds. The zero-order valence-corrected chi connectivity index (χ0v) is 46.0. The first-order valence-corrected chi connectivity index (χ1v) is 29.0. The predicted octanol–water partition coefficient (Wildman–Crippen LogP) is 17.2. The molecule has 1 fully saturated rings.